The molecule has 17 heavy (non-hydrogen) atoms. The van der Waals surface area contributed by atoms with E-state index in [2.05, 4.69) is 20.5 Å². The molecule has 7 nitrogen and oxygen atoms in total. The van der Waals surface area contributed by atoms with E-state index in [1.54, 1.807) is 19.4 Å². The fourth-order valence-corrected chi connectivity index (χ4v) is 1.91. The predicted octanol–water partition coefficient (Wildman–Crippen LogP) is 1.08. The SMILES string of the molecule is CC(C(=O)O)C(C)n1nnnc1-c1cscn1. The molecule has 0 radical (unpaired) electrons. The van der Waals surface area contributed by atoms with Crippen molar-refractivity contribution in [1.82, 2.24) is 25.2 Å². The Bertz CT molecular complexity index is 509. The first-order valence-electron chi connectivity index (χ1n) is 5.00. The molecule has 0 bridgehead atoms. The smallest absolute Gasteiger partial charge is 0.308 e. The van der Waals surface area contributed by atoms with Crippen LogP contribution in [0.5, 0.6) is 0 Å². The van der Waals surface area contributed by atoms with Crippen molar-refractivity contribution in [3.63, 3.8) is 0 Å². The highest BCUT2D eigenvalue weighted by molar-refractivity contribution is 7.07. The van der Waals surface area contributed by atoms with Crippen molar-refractivity contribution in [2.75, 3.05) is 0 Å². The third kappa shape index (κ3) is 2.16. The lowest BCUT2D eigenvalue weighted by Crippen LogP contribution is -2.23. The average Bonchev–Trinajstić information content (AvgIpc) is 2.96. The quantitative estimate of drug-likeness (QED) is 0.876. The summed E-state index contributed by atoms with van der Waals surface area (Å²) in [5, 5.41) is 22.1. The molecule has 0 amide bonds. The summed E-state index contributed by atoms with van der Waals surface area (Å²) in [5.74, 6) is -0.958. The second kappa shape index (κ2) is 4.58. The maximum Gasteiger partial charge on any atom is 0.308 e. The fraction of sp³-hybridized carbons (Fsp3) is 0.444. The van der Waals surface area contributed by atoms with Crippen LogP contribution < -0.4 is 0 Å². The Balaban J connectivity index is 2.34. The Morgan fingerprint density at radius 3 is 2.88 bits per heavy atom. The van der Waals surface area contributed by atoms with Gasteiger partial charge in [-0.25, -0.2) is 9.67 Å². The standard InChI is InChI=1S/C9H11N5O2S/c1-5(9(15)16)6(2)14-8(11-12-13-14)7-3-17-4-10-7/h3-6H,1-2H3,(H,15,16). The van der Waals surface area contributed by atoms with Crippen molar-refractivity contribution in [2.45, 2.75) is 19.9 Å². The van der Waals surface area contributed by atoms with Crippen molar-refractivity contribution >= 4 is 17.3 Å². The van der Waals surface area contributed by atoms with E-state index in [0.717, 1.165) is 0 Å². The number of carboxylic acids is 1. The molecule has 2 atom stereocenters. The Labute approximate surface area is 101 Å². The van der Waals surface area contributed by atoms with Crippen LogP contribution >= 0.6 is 11.3 Å². The van der Waals surface area contributed by atoms with E-state index in [9.17, 15) is 4.79 Å². The van der Waals surface area contributed by atoms with Crippen LogP contribution in [-0.2, 0) is 4.79 Å². The highest BCUT2D eigenvalue weighted by atomic mass is 32.1. The molecule has 2 unspecified atom stereocenters. The average molecular weight is 253 g/mol. The lowest BCUT2D eigenvalue weighted by Gasteiger charge is -2.16. The van der Waals surface area contributed by atoms with Gasteiger partial charge in [-0.1, -0.05) is 0 Å². The van der Waals surface area contributed by atoms with E-state index in [1.807, 2.05) is 5.38 Å². The maximum atomic E-state index is 10.9. The van der Waals surface area contributed by atoms with E-state index in [-0.39, 0.29) is 6.04 Å². The lowest BCUT2D eigenvalue weighted by atomic mass is 10.0. The predicted molar refractivity (Wildman–Crippen MR) is 60.4 cm³/mol. The zero-order valence-corrected chi connectivity index (χ0v) is 10.1. The molecule has 0 spiro atoms. The first-order chi connectivity index (χ1) is 8.11. The molecule has 0 aliphatic carbocycles. The van der Waals surface area contributed by atoms with Gasteiger partial charge in [-0.15, -0.1) is 16.4 Å². The molecule has 0 fully saturated rings. The number of carboxylic acid groups (broad SMARTS) is 1. The molecule has 0 saturated carbocycles. The van der Waals surface area contributed by atoms with E-state index in [1.165, 1.54) is 16.0 Å². The van der Waals surface area contributed by atoms with Gasteiger partial charge in [0.2, 0.25) is 5.82 Å². The molecule has 2 aromatic heterocycles. The third-order valence-corrected chi connectivity index (χ3v) is 3.24. The molecule has 2 aromatic rings. The number of thiazole rings is 1. The van der Waals surface area contributed by atoms with Crippen molar-refractivity contribution in [3.05, 3.63) is 10.9 Å². The normalized spacial score (nSPS) is 14.5. The van der Waals surface area contributed by atoms with Gasteiger partial charge in [-0.3, -0.25) is 4.79 Å². The molecule has 1 N–H and O–H groups in total. The van der Waals surface area contributed by atoms with Crippen LogP contribution in [0.1, 0.15) is 19.9 Å². The van der Waals surface area contributed by atoms with Gasteiger partial charge in [0.15, 0.2) is 0 Å². The first kappa shape index (κ1) is 11.6. The Kier molecular flexibility index (Phi) is 3.14. The number of tetrazole rings is 1. The van der Waals surface area contributed by atoms with Gasteiger partial charge in [0.25, 0.3) is 0 Å². The van der Waals surface area contributed by atoms with Gasteiger partial charge < -0.3 is 5.11 Å². The largest absolute Gasteiger partial charge is 0.481 e. The fourth-order valence-electron chi connectivity index (χ4n) is 1.38. The number of carbonyl (C=O) groups is 1. The van der Waals surface area contributed by atoms with Crippen LogP contribution in [0.4, 0.5) is 0 Å². The summed E-state index contributed by atoms with van der Waals surface area (Å²) < 4.78 is 1.49. The van der Waals surface area contributed by atoms with E-state index < -0.39 is 11.9 Å². The summed E-state index contributed by atoms with van der Waals surface area (Å²) in [5.41, 5.74) is 2.34. The molecule has 2 rings (SSSR count). The highest BCUT2D eigenvalue weighted by Crippen LogP contribution is 2.23. The minimum Gasteiger partial charge on any atom is -0.481 e. The van der Waals surface area contributed by atoms with Gasteiger partial charge in [-0.2, -0.15) is 0 Å². The zero-order valence-electron chi connectivity index (χ0n) is 9.31. The summed E-state index contributed by atoms with van der Waals surface area (Å²) in [4.78, 5) is 15.1. The molecular formula is C9H11N5O2S. The Morgan fingerprint density at radius 1 is 1.53 bits per heavy atom. The number of hydrogen-bond acceptors (Lipinski definition) is 6. The molecule has 2 heterocycles. The Morgan fingerprint density at radius 2 is 2.29 bits per heavy atom. The van der Waals surface area contributed by atoms with E-state index in [4.69, 9.17) is 5.11 Å². The van der Waals surface area contributed by atoms with Crippen molar-refractivity contribution < 1.29 is 9.90 Å². The first-order valence-corrected chi connectivity index (χ1v) is 5.94. The molecule has 0 aromatic carbocycles. The number of rotatable bonds is 4. The number of aliphatic carboxylic acids is 1. The topological polar surface area (TPSA) is 93.8 Å². The molecular weight excluding hydrogens is 242 g/mol. The number of aromatic nitrogens is 5. The van der Waals surface area contributed by atoms with Crippen molar-refractivity contribution in [1.29, 1.82) is 0 Å². The van der Waals surface area contributed by atoms with Gasteiger partial charge in [-0.05, 0) is 24.3 Å². The van der Waals surface area contributed by atoms with Gasteiger partial charge in [0, 0.05) is 5.38 Å². The van der Waals surface area contributed by atoms with E-state index >= 15 is 0 Å². The summed E-state index contributed by atoms with van der Waals surface area (Å²) in [6.07, 6.45) is 0. The second-order valence-corrected chi connectivity index (χ2v) is 4.41. The molecule has 0 aliphatic rings. The van der Waals surface area contributed by atoms with Gasteiger partial charge in [0.05, 0.1) is 17.5 Å². The Hall–Kier alpha value is -1.83. The highest BCUT2D eigenvalue weighted by Gasteiger charge is 2.25. The minimum absolute atomic E-state index is 0.334. The summed E-state index contributed by atoms with van der Waals surface area (Å²) in [6.45, 7) is 3.39. The molecule has 8 heteroatoms. The summed E-state index contributed by atoms with van der Waals surface area (Å²) >= 11 is 1.44. The molecule has 0 aliphatic heterocycles. The van der Waals surface area contributed by atoms with Gasteiger partial charge >= 0.3 is 5.97 Å². The second-order valence-electron chi connectivity index (χ2n) is 3.69. The van der Waals surface area contributed by atoms with Crippen LogP contribution in [0.3, 0.4) is 0 Å². The van der Waals surface area contributed by atoms with Crippen LogP contribution in [0.25, 0.3) is 11.5 Å². The van der Waals surface area contributed by atoms with Crippen LogP contribution in [0, 0.1) is 5.92 Å². The maximum absolute atomic E-state index is 10.9. The summed E-state index contributed by atoms with van der Waals surface area (Å²) in [6, 6.07) is -0.334. The third-order valence-electron chi connectivity index (χ3n) is 2.65. The summed E-state index contributed by atoms with van der Waals surface area (Å²) in [7, 11) is 0. The molecule has 0 saturated heterocycles. The number of nitrogens with zero attached hydrogens (tertiary/aromatic N) is 5. The van der Waals surface area contributed by atoms with Crippen molar-refractivity contribution in [3.8, 4) is 11.5 Å². The van der Waals surface area contributed by atoms with Crippen molar-refractivity contribution in [2.24, 2.45) is 5.92 Å². The number of hydrogen-bond donors (Lipinski definition) is 1. The lowest BCUT2D eigenvalue weighted by molar-refractivity contribution is -0.142. The molecule has 90 valence electrons. The zero-order chi connectivity index (χ0) is 12.4. The van der Waals surface area contributed by atoms with Crippen LogP contribution in [0.15, 0.2) is 10.9 Å². The minimum atomic E-state index is -0.878. The monoisotopic (exact) mass is 253 g/mol. The van der Waals surface area contributed by atoms with E-state index in [0.29, 0.717) is 11.5 Å². The van der Waals surface area contributed by atoms with Crippen LogP contribution in [0.2, 0.25) is 0 Å². The van der Waals surface area contributed by atoms with Gasteiger partial charge in [0.1, 0.15) is 5.69 Å². The van der Waals surface area contributed by atoms with Crippen LogP contribution in [-0.4, -0.2) is 36.3 Å².